The van der Waals surface area contributed by atoms with Gasteiger partial charge in [-0.15, -0.1) is 0 Å². The van der Waals surface area contributed by atoms with Crippen LogP contribution in [0.15, 0.2) is 22.6 Å². The normalized spacial score (nSPS) is 23.6. The van der Waals surface area contributed by atoms with Gasteiger partial charge in [-0.1, -0.05) is 13.8 Å². The van der Waals surface area contributed by atoms with Gasteiger partial charge >= 0.3 is 0 Å². The topological polar surface area (TPSA) is 38.1 Å². The summed E-state index contributed by atoms with van der Waals surface area (Å²) in [7, 11) is 0. The molecule has 1 aliphatic rings. The van der Waals surface area contributed by atoms with Crippen LogP contribution in [0, 0.1) is 5.92 Å². The molecule has 0 bridgehead atoms. The smallest absolute Gasteiger partial charge is 0.195 e. The highest BCUT2D eigenvalue weighted by molar-refractivity contribution is 5.77. The van der Waals surface area contributed by atoms with E-state index in [1.165, 1.54) is 12.8 Å². The maximum atomic E-state index is 5.60. The van der Waals surface area contributed by atoms with Crippen LogP contribution in [-0.2, 0) is 6.42 Å². The second-order valence-corrected chi connectivity index (χ2v) is 5.06. The summed E-state index contributed by atoms with van der Waals surface area (Å²) in [4.78, 5) is 4.45. The monoisotopic (exact) mass is 230 g/mol. The summed E-state index contributed by atoms with van der Waals surface area (Å²) in [5.74, 6) is 1.68. The second kappa shape index (κ2) is 4.06. The van der Waals surface area contributed by atoms with E-state index in [1.54, 1.807) is 0 Å². The van der Waals surface area contributed by atoms with E-state index in [9.17, 15) is 0 Å². The number of hydrogen-bond acceptors (Lipinski definition) is 3. The lowest BCUT2D eigenvalue weighted by Crippen LogP contribution is -2.33. The summed E-state index contributed by atoms with van der Waals surface area (Å²) in [5.41, 5.74) is 3.00. The first-order chi connectivity index (χ1) is 8.24. The molecule has 1 heterocycles. The Kier molecular flexibility index (Phi) is 2.54. The molecular weight excluding hydrogens is 212 g/mol. The lowest BCUT2D eigenvalue weighted by molar-refractivity contribution is 0.309. The largest absolute Gasteiger partial charge is 0.441 e. The van der Waals surface area contributed by atoms with Gasteiger partial charge in [-0.25, -0.2) is 4.98 Å². The van der Waals surface area contributed by atoms with Crippen LogP contribution in [0.25, 0.3) is 11.1 Å². The molecule has 0 radical (unpaired) electrons. The van der Waals surface area contributed by atoms with Gasteiger partial charge in [0.15, 0.2) is 11.5 Å². The van der Waals surface area contributed by atoms with Crippen LogP contribution >= 0.6 is 0 Å². The molecule has 0 atom stereocenters. The van der Waals surface area contributed by atoms with E-state index >= 15 is 0 Å². The number of nitrogens with zero attached hydrogens (tertiary/aromatic N) is 1. The van der Waals surface area contributed by atoms with Gasteiger partial charge in [0.25, 0.3) is 0 Å². The standard InChI is InChI=1S/C14H18N2O/c1-3-14-16-12-8-10(4-5-13(12)17-14)15-11-6-9(2)7-11/h4-5,8-9,11,15H,3,6-7H2,1-2H3. The molecule has 3 rings (SSSR count). The molecule has 0 spiro atoms. The fourth-order valence-electron chi connectivity index (χ4n) is 2.47. The quantitative estimate of drug-likeness (QED) is 0.875. The molecule has 17 heavy (non-hydrogen) atoms. The van der Waals surface area contributed by atoms with Crippen LogP contribution in [0.2, 0.25) is 0 Å². The number of nitrogens with one attached hydrogen (secondary N) is 1. The van der Waals surface area contributed by atoms with Crippen LogP contribution in [-0.4, -0.2) is 11.0 Å². The highest BCUT2D eigenvalue weighted by atomic mass is 16.3. The molecule has 90 valence electrons. The summed E-state index contributed by atoms with van der Waals surface area (Å²) in [6.07, 6.45) is 3.39. The number of oxazole rings is 1. The van der Waals surface area contributed by atoms with Gasteiger partial charge in [0.05, 0.1) is 0 Å². The predicted molar refractivity (Wildman–Crippen MR) is 69.2 cm³/mol. The molecule has 0 saturated heterocycles. The first kappa shape index (κ1) is 10.6. The molecule has 1 fully saturated rings. The van der Waals surface area contributed by atoms with Crippen LogP contribution in [0.5, 0.6) is 0 Å². The van der Waals surface area contributed by atoms with Gasteiger partial charge in [0.1, 0.15) is 5.52 Å². The Bertz CT molecular complexity index is 526. The Labute approximate surface area is 101 Å². The van der Waals surface area contributed by atoms with Gasteiger partial charge in [-0.3, -0.25) is 0 Å². The molecular formula is C14H18N2O. The molecule has 2 aromatic rings. The molecule has 0 amide bonds. The molecule has 1 aromatic heterocycles. The fourth-order valence-corrected chi connectivity index (χ4v) is 2.47. The summed E-state index contributed by atoms with van der Waals surface area (Å²) >= 11 is 0. The van der Waals surface area contributed by atoms with Crippen molar-refractivity contribution in [3.05, 3.63) is 24.1 Å². The van der Waals surface area contributed by atoms with Crippen molar-refractivity contribution in [2.45, 2.75) is 39.2 Å². The first-order valence-electron chi connectivity index (χ1n) is 6.40. The summed E-state index contributed by atoms with van der Waals surface area (Å²) in [6.45, 7) is 4.35. The number of aromatic nitrogens is 1. The second-order valence-electron chi connectivity index (χ2n) is 5.06. The zero-order valence-corrected chi connectivity index (χ0v) is 10.4. The average Bonchev–Trinajstić information content (AvgIpc) is 2.69. The van der Waals surface area contributed by atoms with Crippen LogP contribution in [0.1, 0.15) is 32.6 Å². The number of hydrogen-bond donors (Lipinski definition) is 1. The minimum Gasteiger partial charge on any atom is -0.441 e. The van der Waals surface area contributed by atoms with Gasteiger partial charge in [-0.2, -0.15) is 0 Å². The van der Waals surface area contributed by atoms with E-state index in [1.807, 2.05) is 6.07 Å². The molecule has 0 unspecified atom stereocenters. The number of benzene rings is 1. The summed E-state index contributed by atoms with van der Waals surface area (Å²) in [6, 6.07) is 6.81. The van der Waals surface area contributed by atoms with Gasteiger partial charge in [-0.05, 0) is 37.0 Å². The van der Waals surface area contributed by atoms with Crippen molar-refractivity contribution >= 4 is 16.8 Å². The highest BCUT2D eigenvalue weighted by Gasteiger charge is 2.24. The van der Waals surface area contributed by atoms with Crippen molar-refractivity contribution in [1.82, 2.24) is 4.98 Å². The van der Waals surface area contributed by atoms with Gasteiger partial charge in [0.2, 0.25) is 0 Å². The Morgan fingerprint density at radius 1 is 1.41 bits per heavy atom. The van der Waals surface area contributed by atoms with Crippen molar-refractivity contribution in [2.24, 2.45) is 5.92 Å². The number of fused-ring (bicyclic) bond motifs is 1. The van der Waals surface area contributed by atoms with Crippen LogP contribution in [0.3, 0.4) is 0 Å². The molecule has 0 aliphatic heterocycles. The first-order valence-corrected chi connectivity index (χ1v) is 6.40. The van der Waals surface area contributed by atoms with E-state index < -0.39 is 0 Å². The number of anilines is 1. The van der Waals surface area contributed by atoms with E-state index in [-0.39, 0.29) is 0 Å². The van der Waals surface area contributed by atoms with Crippen molar-refractivity contribution in [3.8, 4) is 0 Å². The SMILES string of the molecule is CCc1nc2cc(NC3CC(C)C3)ccc2o1. The van der Waals surface area contributed by atoms with E-state index in [2.05, 4.69) is 36.3 Å². The van der Waals surface area contributed by atoms with Gasteiger partial charge < -0.3 is 9.73 Å². The molecule has 3 nitrogen and oxygen atoms in total. The minimum absolute atomic E-state index is 0.639. The third-order valence-electron chi connectivity index (χ3n) is 3.48. The molecule has 1 aliphatic carbocycles. The highest BCUT2D eigenvalue weighted by Crippen LogP contribution is 2.30. The Balaban J connectivity index is 1.80. The molecule has 1 saturated carbocycles. The van der Waals surface area contributed by atoms with Crippen LogP contribution < -0.4 is 5.32 Å². The average molecular weight is 230 g/mol. The zero-order chi connectivity index (χ0) is 11.8. The Morgan fingerprint density at radius 2 is 2.24 bits per heavy atom. The van der Waals surface area contributed by atoms with E-state index in [4.69, 9.17) is 4.42 Å². The summed E-state index contributed by atoms with van der Waals surface area (Å²) < 4.78 is 5.60. The fraction of sp³-hybridized carbons (Fsp3) is 0.500. The number of rotatable bonds is 3. The van der Waals surface area contributed by atoms with E-state index in [0.717, 1.165) is 35.0 Å². The third-order valence-corrected chi connectivity index (χ3v) is 3.48. The van der Waals surface area contributed by atoms with Crippen LogP contribution in [0.4, 0.5) is 5.69 Å². The lowest BCUT2D eigenvalue weighted by atomic mass is 9.82. The molecule has 3 heteroatoms. The van der Waals surface area contributed by atoms with E-state index in [0.29, 0.717) is 6.04 Å². The van der Waals surface area contributed by atoms with Gasteiger partial charge in [0, 0.05) is 18.2 Å². The van der Waals surface area contributed by atoms with Crippen molar-refractivity contribution in [3.63, 3.8) is 0 Å². The third kappa shape index (κ3) is 2.02. The van der Waals surface area contributed by atoms with Crippen molar-refractivity contribution in [1.29, 1.82) is 0 Å². The summed E-state index contributed by atoms with van der Waals surface area (Å²) in [5, 5.41) is 3.55. The van der Waals surface area contributed by atoms with Crippen molar-refractivity contribution < 1.29 is 4.42 Å². The molecule has 1 aromatic carbocycles. The zero-order valence-electron chi connectivity index (χ0n) is 10.4. The maximum Gasteiger partial charge on any atom is 0.195 e. The maximum absolute atomic E-state index is 5.60. The predicted octanol–water partition coefficient (Wildman–Crippen LogP) is 3.60. The van der Waals surface area contributed by atoms with Crippen molar-refractivity contribution in [2.75, 3.05) is 5.32 Å². The molecule has 1 N–H and O–H groups in total. The Hall–Kier alpha value is -1.51. The Morgan fingerprint density at radius 3 is 2.94 bits per heavy atom. The minimum atomic E-state index is 0.639. The lowest BCUT2D eigenvalue weighted by Gasteiger charge is -2.34. The number of aryl methyl sites for hydroxylation is 1.